The second kappa shape index (κ2) is 12.4. The van der Waals surface area contributed by atoms with Gasteiger partial charge in [0.15, 0.2) is 0 Å². The lowest BCUT2D eigenvalue weighted by atomic mass is 10.0. The quantitative estimate of drug-likeness (QED) is 0.447. The Labute approximate surface area is 184 Å². The molecule has 0 spiro atoms. The summed E-state index contributed by atoms with van der Waals surface area (Å²) in [7, 11) is 0. The van der Waals surface area contributed by atoms with Gasteiger partial charge in [-0.15, -0.1) is 0 Å². The Morgan fingerprint density at radius 1 is 1.06 bits per heavy atom. The van der Waals surface area contributed by atoms with Crippen LogP contribution in [0.1, 0.15) is 24.8 Å². The van der Waals surface area contributed by atoms with Crippen molar-refractivity contribution >= 4 is 22.6 Å². The summed E-state index contributed by atoms with van der Waals surface area (Å²) in [4.78, 5) is 26.8. The van der Waals surface area contributed by atoms with E-state index in [1.54, 1.807) is 4.90 Å². The zero-order valence-electron chi connectivity index (χ0n) is 18.1. The highest BCUT2D eigenvalue weighted by Gasteiger charge is 2.33. The summed E-state index contributed by atoms with van der Waals surface area (Å²) in [6.07, 6.45) is 2.90. The van der Waals surface area contributed by atoms with Gasteiger partial charge in [-0.05, 0) is 42.1 Å². The van der Waals surface area contributed by atoms with Crippen molar-refractivity contribution in [1.82, 2.24) is 15.5 Å². The number of carbonyl (C=O) groups excluding carboxylic acids is 2. The minimum absolute atomic E-state index is 0.0368. The average Bonchev–Trinajstić information content (AvgIpc) is 3.29. The second-order valence-corrected chi connectivity index (χ2v) is 7.83. The highest BCUT2D eigenvalue weighted by atomic mass is 16.5. The van der Waals surface area contributed by atoms with Crippen molar-refractivity contribution in [1.29, 1.82) is 0 Å². The minimum atomic E-state index is -0.363. The highest BCUT2D eigenvalue weighted by molar-refractivity contribution is 5.88. The molecule has 0 aromatic heterocycles. The minimum Gasteiger partial charge on any atom is -0.378 e. The van der Waals surface area contributed by atoms with Crippen LogP contribution in [0.3, 0.4) is 0 Å². The molecule has 0 saturated carbocycles. The van der Waals surface area contributed by atoms with Crippen LogP contribution in [0.5, 0.6) is 0 Å². The average molecular weight is 427 g/mol. The van der Waals surface area contributed by atoms with Crippen molar-refractivity contribution in [2.75, 3.05) is 45.9 Å². The first-order valence-electron chi connectivity index (χ1n) is 11.2. The molecule has 7 heteroatoms. The number of rotatable bonds is 12. The van der Waals surface area contributed by atoms with Gasteiger partial charge in [-0.1, -0.05) is 42.5 Å². The molecule has 1 aliphatic rings. The van der Waals surface area contributed by atoms with Gasteiger partial charge < -0.3 is 26.0 Å². The maximum atomic E-state index is 12.7. The summed E-state index contributed by atoms with van der Waals surface area (Å²) in [5, 5.41) is 8.77. The first kappa shape index (κ1) is 23.2. The van der Waals surface area contributed by atoms with Gasteiger partial charge in [0.05, 0.1) is 13.2 Å². The molecule has 7 nitrogen and oxygen atoms in total. The third kappa shape index (κ3) is 6.75. The number of amides is 2. The Hall–Kier alpha value is -2.48. The zero-order valence-corrected chi connectivity index (χ0v) is 18.1. The number of ether oxygens (including phenoxy) is 1. The van der Waals surface area contributed by atoms with Crippen molar-refractivity contribution in [2.45, 2.75) is 31.7 Å². The predicted molar refractivity (Wildman–Crippen MR) is 123 cm³/mol. The molecule has 2 aromatic rings. The van der Waals surface area contributed by atoms with Gasteiger partial charge in [-0.2, -0.15) is 0 Å². The molecule has 0 unspecified atom stereocenters. The molecule has 0 bridgehead atoms. The molecular weight excluding hydrogens is 392 g/mol. The SMILES string of the molecule is NCCOCCNC(=O)[C@@H]1CCCN1C(=O)CCNCCc1cccc2ccccc12. The number of nitrogens with one attached hydrogen (secondary N) is 2. The lowest BCUT2D eigenvalue weighted by Gasteiger charge is -2.24. The standard InChI is InChI=1S/C24H34N4O3/c25-12-17-31-18-15-27-24(30)22-9-4-16-28(22)23(29)11-14-26-13-10-20-7-3-6-19-5-1-2-8-21(19)20/h1-3,5-8,22,26H,4,9-18,25H2,(H,27,30)/t22-/m0/s1. The maximum absolute atomic E-state index is 12.7. The molecule has 3 rings (SSSR count). The first-order chi connectivity index (χ1) is 15.2. The molecule has 1 fully saturated rings. The normalized spacial score (nSPS) is 16.0. The van der Waals surface area contributed by atoms with Crippen molar-refractivity contribution < 1.29 is 14.3 Å². The van der Waals surface area contributed by atoms with E-state index in [9.17, 15) is 9.59 Å². The number of hydrogen-bond donors (Lipinski definition) is 3. The predicted octanol–water partition coefficient (Wildman–Crippen LogP) is 1.44. The van der Waals surface area contributed by atoms with Crippen LogP contribution in [0.4, 0.5) is 0 Å². The molecule has 1 heterocycles. The van der Waals surface area contributed by atoms with E-state index < -0.39 is 0 Å². The summed E-state index contributed by atoms with van der Waals surface area (Å²) < 4.78 is 5.27. The van der Waals surface area contributed by atoms with E-state index in [-0.39, 0.29) is 17.9 Å². The summed E-state index contributed by atoms with van der Waals surface area (Å²) in [5.74, 6) is -0.0548. The van der Waals surface area contributed by atoms with E-state index >= 15 is 0 Å². The number of nitrogens with two attached hydrogens (primary N) is 1. The van der Waals surface area contributed by atoms with Gasteiger partial charge in [-0.3, -0.25) is 9.59 Å². The molecule has 0 aliphatic carbocycles. The van der Waals surface area contributed by atoms with Crippen LogP contribution < -0.4 is 16.4 Å². The topological polar surface area (TPSA) is 96.7 Å². The summed E-state index contributed by atoms with van der Waals surface area (Å²) in [6.45, 7) is 3.90. The maximum Gasteiger partial charge on any atom is 0.242 e. The van der Waals surface area contributed by atoms with Crippen LogP contribution in [0.15, 0.2) is 42.5 Å². The van der Waals surface area contributed by atoms with Crippen molar-refractivity contribution in [3.05, 3.63) is 48.0 Å². The Bertz CT molecular complexity index is 852. The molecule has 31 heavy (non-hydrogen) atoms. The summed E-state index contributed by atoms with van der Waals surface area (Å²) >= 11 is 0. The van der Waals surface area contributed by atoms with Crippen LogP contribution in [0.2, 0.25) is 0 Å². The van der Waals surface area contributed by atoms with Crippen LogP contribution >= 0.6 is 0 Å². The van der Waals surface area contributed by atoms with Crippen LogP contribution in [-0.2, 0) is 20.7 Å². The number of likely N-dealkylation sites (tertiary alicyclic amines) is 1. The molecule has 1 saturated heterocycles. The molecule has 2 amide bonds. The van der Waals surface area contributed by atoms with Crippen LogP contribution in [0, 0.1) is 0 Å². The molecule has 2 aromatic carbocycles. The third-order valence-electron chi connectivity index (χ3n) is 5.65. The molecule has 4 N–H and O–H groups in total. The van der Waals surface area contributed by atoms with Gasteiger partial charge in [0.2, 0.25) is 11.8 Å². The van der Waals surface area contributed by atoms with Crippen molar-refractivity contribution in [3.63, 3.8) is 0 Å². The molecule has 1 aliphatic heterocycles. The van der Waals surface area contributed by atoms with E-state index in [4.69, 9.17) is 10.5 Å². The summed E-state index contributed by atoms with van der Waals surface area (Å²) in [5.41, 5.74) is 6.68. The van der Waals surface area contributed by atoms with E-state index in [1.807, 2.05) is 0 Å². The monoisotopic (exact) mass is 426 g/mol. The van der Waals surface area contributed by atoms with E-state index in [1.165, 1.54) is 16.3 Å². The number of benzene rings is 2. The van der Waals surface area contributed by atoms with Gasteiger partial charge in [0.25, 0.3) is 0 Å². The fourth-order valence-electron chi connectivity index (χ4n) is 4.08. The Kier molecular flexibility index (Phi) is 9.27. The fraction of sp³-hybridized carbons (Fsp3) is 0.500. The largest absolute Gasteiger partial charge is 0.378 e. The van der Waals surface area contributed by atoms with Gasteiger partial charge >= 0.3 is 0 Å². The lowest BCUT2D eigenvalue weighted by molar-refractivity contribution is -0.138. The fourth-order valence-corrected chi connectivity index (χ4v) is 4.08. The van der Waals surface area contributed by atoms with E-state index in [0.717, 1.165) is 25.8 Å². The molecule has 0 radical (unpaired) electrons. The van der Waals surface area contributed by atoms with Crippen molar-refractivity contribution in [2.24, 2.45) is 5.73 Å². The second-order valence-electron chi connectivity index (χ2n) is 7.83. The van der Waals surface area contributed by atoms with Crippen LogP contribution in [-0.4, -0.2) is 68.7 Å². The molecule has 168 valence electrons. The molecular formula is C24H34N4O3. The highest BCUT2D eigenvalue weighted by Crippen LogP contribution is 2.19. The summed E-state index contributed by atoms with van der Waals surface area (Å²) in [6, 6.07) is 14.4. The van der Waals surface area contributed by atoms with E-state index in [0.29, 0.717) is 45.8 Å². The number of nitrogens with zero attached hydrogens (tertiary/aromatic N) is 1. The zero-order chi connectivity index (χ0) is 21.9. The smallest absolute Gasteiger partial charge is 0.242 e. The first-order valence-corrected chi connectivity index (χ1v) is 11.2. The van der Waals surface area contributed by atoms with Crippen molar-refractivity contribution in [3.8, 4) is 0 Å². The van der Waals surface area contributed by atoms with E-state index in [2.05, 4.69) is 53.1 Å². The van der Waals surface area contributed by atoms with Gasteiger partial charge in [0, 0.05) is 32.6 Å². The van der Waals surface area contributed by atoms with Gasteiger partial charge in [0.1, 0.15) is 6.04 Å². The Morgan fingerprint density at radius 2 is 1.90 bits per heavy atom. The number of fused-ring (bicyclic) bond motifs is 1. The number of carbonyl (C=O) groups is 2. The Morgan fingerprint density at radius 3 is 2.77 bits per heavy atom. The van der Waals surface area contributed by atoms with Gasteiger partial charge in [-0.25, -0.2) is 0 Å². The lowest BCUT2D eigenvalue weighted by Crippen LogP contribution is -2.47. The van der Waals surface area contributed by atoms with Crippen LogP contribution in [0.25, 0.3) is 10.8 Å². The third-order valence-corrected chi connectivity index (χ3v) is 5.65. The Balaban J connectivity index is 1.37. The number of hydrogen-bond acceptors (Lipinski definition) is 5. The molecule has 1 atom stereocenters.